The van der Waals surface area contributed by atoms with E-state index in [1.165, 1.54) is 24.1 Å². The Morgan fingerprint density at radius 2 is 1.75 bits per heavy atom. The van der Waals surface area contributed by atoms with Crippen LogP contribution in [-0.4, -0.2) is 76.2 Å². The molecule has 3 N–H and O–H groups in total. The lowest BCUT2D eigenvalue weighted by molar-refractivity contribution is -0.137. The molecule has 1 aliphatic rings. The van der Waals surface area contributed by atoms with E-state index >= 15 is 0 Å². The molecule has 4 aromatic rings. The number of urea groups is 1. The van der Waals surface area contributed by atoms with Gasteiger partial charge in [0.15, 0.2) is 0 Å². The number of nitrogens with zero attached hydrogens (tertiary/aromatic N) is 3. The van der Waals surface area contributed by atoms with E-state index in [4.69, 9.17) is 4.74 Å². The van der Waals surface area contributed by atoms with E-state index in [0.29, 0.717) is 5.69 Å². The molecule has 0 aliphatic carbocycles. The molecule has 5 rings (SSSR count). The molecule has 0 saturated carbocycles. The van der Waals surface area contributed by atoms with Crippen LogP contribution in [-0.2, 0) is 24.4 Å². The third-order valence-corrected chi connectivity index (χ3v) is 8.54. The number of aliphatic hydroxyl groups is 1. The van der Waals surface area contributed by atoms with Gasteiger partial charge in [-0.25, -0.2) is 4.79 Å². The quantitative estimate of drug-likeness (QED) is 0.221. The van der Waals surface area contributed by atoms with Crippen LogP contribution in [0, 0.1) is 5.92 Å². The van der Waals surface area contributed by atoms with Crippen molar-refractivity contribution in [3.05, 3.63) is 89.6 Å². The van der Waals surface area contributed by atoms with Crippen molar-refractivity contribution in [1.82, 2.24) is 14.4 Å². The molecule has 3 atom stereocenters. The van der Waals surface area contributed by atoms with Crippen LogP contribution in [0.5, 0.6) is 5.75 Å². The first-order valence-electron chi connectivity index (χ1n) is 15.5. The SMILES string of the molecule is C[C@H]1CN([C@@H](C)CO)C(=O)c2cc(NC(=O)Cc3cn(C)c4ccccc34)ccc2O[C@@H]1CN(C)C(=O)Nc1ccc(C(F)(F)F)cc1. The first kappa shape index (κ1) is 34.3. The predicted octanol–water partition coefficient (Wildman–Crippen LogP) is 5.76. The number of para-hydroxylation sites is 1. The summed E-state index contributed by atoms with van der Waals surface area (Å²) in [6.07, 6.45) is -3.07. The molecule has 48 heavy (non-hydrogen) atoms. The van der Waals surface area contributed by atoms with Crippen LogP contribution in [0.2, 0.25) is 0 Å². The number of halogens is 3. The van der Waals surface area contributed by atoms with Crippen molar-refractivity contribution in [2.75, 3.05) is 37.4 Å². The summed E-state index contributed by atoms with van der Waals surface area (Å²) in [7, 11) is 3.45. The highest BCUT2D eigenvalue weighted by atomic mass is 19.4. The number of rotatable bonds is 8. The van der Waals surface area contributed by atoms with Gasteiger partial charge in [0.25, 0.3) is 5.91 Å². The summed E-state index contributed by atoms with van der Waals surface area (Å²) in [6, 6.07) is 15.6. The number of anilines is 2. The second-order valence-corrected chi connectivity index (χ2v) is 12.2. The number of hydrogen-bond donors (Lipinski definition) is 3. The number of hydrogen-bond acceptors (Lipinski definition) is 5. The van der Waals surface area contributed by atoms with Gasteiger partial charge in [-0.3, -0.25) is 9.59 Å². The molecule has 4 amide bonds. The van der Waals surface area contributed by atoms with Gasteiger partial charge in [0.2, 0.25) is 5.91 Å². The van der Waals surface area contributed by atoms with Gasteiger partial charge in [-0.15, -0.1) is 0 Å². The Bertz CT molecular complexity index is 1810. The minimum absolute atomic E-state index is 0.0755. The van der Waals surface area contributed by atoms with E-state index in [2.05, 4.69) is 10.6 Å². The maximum atomic E-state index is 13.8. The third kappa shape index (κ3) is 7.57. The minimum Gasteiger partial charge on any atom is -0.487 e. The number of aliphatic hydroxyl groups excluding tert-OH is 1. The summed E-state index contributed by atoms with van der Waals surface area (Å²) in [5.41, 5.74) is 1.82. The molecule has 2 heterocycles. The van der Waals surface area contributed by atoms with Gasteiger partial charge in [0.1, 0.15) is 11.9 Å². The molecule has 0 fully saturated rings. The number of alkyl halides is 3. The highest BCUT2D eigenvalue weighted by Gasteiger charge is 2.34. The molecule has 13 heteroatoms. The molecule has 0 radical (unpaired) electrons. The minimum atomic E-state index is -4.49. The number of aryl methyl sites for hydroxylation is 1. The standard InChI is InChI=1S/C35H38F3N5O5/c1-21-17-43(22(2)20-44)33(46)28-16-26(39-32(45)15-23-18-41(3)29-8-6-5-7-27(23)29)13-14-30(28)48-31(21)19-42(4)34(47)40-25-11-9-24(10-12-25)35(36,37)38/h5-14,16,18,21-22,31,44H,15,17,19-20H2,1-4H3,(H,39,45)(H,40,47)/t21-,22-,31+/m0/s1. The van der Waals surface area contributed by atoms with Crippen LogP contribution in [0.15, 0.2) is 72.9 Å². The number of carbonyl (C=O) groups is 3. The smallest absolute Gasteiger partial charge is 0.416 e. The fraction of sp³-hybridized carbons (Fsp3) is 0.343. The number of amides is 4. The molecular weight excluding hydrogens is 627 g/mol. The Kier molecular flexibility index (Phi) is 9.99. The van der Waals surface area contributed by atoms with Crippen LogP contribution in [0.1, 0.15) is 35.3 Å². The van der Waals surface area contributed by atoms with E-state index in [1.54, 1.807) is 30.0 Å². The second-order valence-electron chi connectivity index (χ2n) is 12.2. The highest BCUT2D eigenvalue weighted by molar-refractivity contribution is 6.01. The van der Waals surface area contributed by atoms with Gasteiger partial charge in [0, 0.05) is 55.0 Å². The second kappa shape index (κ2) is 14.0. The number of carbonyl (C=O) groups excluding carboxylic acids is 3. The average Bonchev–Trinajstić information content (AvgIpc) is 3.36. The fourth-order valence-electron chi connectivity index (χ4n) is 5.78. The summed E-state index contributed by atoms with van der Waals surface area (Å²) in [4.78, 5) is 42.8. The maximum Gasteiger partial charge on any atom is 0.416 e. The summed E-state index contributed by atoms with van der Waals surface area (Å²) in [5.74, 6) is -0.693. The summed E-state index contributed by atoms with van der Waals surface area (Å²) in [5, 5.41) is 16.4. The van der Waals surface area contributed by atoms with Crippen molar-refractivity contribution < 1.29 is 37.4 Å². The zero-order valence-electron chi connectivity index (χ0n) is 27.0. The van der Waals surface area contributed by atoms with Gasteiger partial charge >= 0.3 is 12.2 Å². The van der Waals surface area contributed by atoms with Gasteiger partial charge in [-0.1, -0.05) is 25.1 Å². The molecule has 0 bridgehead atoms. The Labute approximate surface area is 276 Å². The number of aromatic nitrogens is 1. The number of benzene rings is 3. The lowest BCUT2D eigenvalue weighted by atomic mass is 9.99. The predicted molar refractivity (Wildman–Crippen MR) is 176 cm³/mol. The first-order valence-corrected chi connectivity index (χ1v) is 15.5. The lowest BCUT2D eigenvalue weighted by Crippen LogP contribution is -2.50. The monoisotopic (exact) mass is 665 g/mol. The van der Waals surface area contributed by atoms with Crippen LogP contribution in [0.4, 0.5) is 29.3 Å². The van der Waals surface area contributed by atoms with Crippen LogP contribution in [0.25, 0.3) is 10.9 Å². The summed E-state index contributed by atoms with van der Waals surface area (Å²) < 4.78 is 47.1. The zero-order valence-corrected chi connectivity index (χ0v) is 27.0. The number of nitrogens with one attached hydrogen (secondary N) is 2. The first-order chi connectivity index (χ1) is 22.7. The Morgan fingerprint density at radius 1 is 1.06 bits per heavy atom. The average molecular weight is 666 g/mol. The van der Waals surface area contributed by atoms with Crippen molar-refractivity contribution in [3.8, 4) is 5.75 Å². The maximum absolute atomic E-state index is 13.8. The van der Waals surface area contributed by atoms with E-state index in [0.717, 1.165) is 28.6 Å². The molecule has 3 aromatic carbocycles. The summed E-state index contributed by atoms with van der Waals surface area (Å²) >= 11 is 0. The van der Waals surface area contributed by atoms with Crippen molar-refractivity contribution in [1.29, 1.82) is 0 Å². The molecular formula is C35H38F3N5O5. The normalized spacial score (nSPS) is 17.2. The molecule has 10 nitrogen and oxygen atoms in total. The Morgan fingerprint density at radius 3 is 2.44 bits per heavy atom. The zero-order chi connectivity index (χ0) is 34.7. The molecule has 0 saturated heterocycles. The van der Waals surface area contributed by atoms with E-state index in [-0.39, 0.29) is 60.8 Å². The van der Waals surface area contributed by atoms with Gasteiger partial charge in [-0.05, 0) is 61.0 Å². The highest BCUT2D eigenvalue weighted by Crippen LogP contribution is 2.32. The molecule has 1 aromatic heterocycles. The van der Waals surface area contributed by atoms with Crippen molar-refractivity contribution in [3.63, 3.8) is 0 Å². The molecule has 0 unspecified atom stereocenters. The number of ether oxygens (including phenoxy) is 1. The van der Waals surface area contributed by atoms with Crippen LogP contribution < -0.4 is 15.4 Å². The lowest BCUT2D eigenvalue weighted by Gasteiger charge is -2.38. The Balaban J connectivity index is 1.34. The molecule has 0 spiro atoms. The van der Waals surface area contributed by atoms with E-state index < -0.39 is 29.9 Å². The van der Waals surface area contributed by atoms with Gasteiger partial charge in [-0.2, -0.15) is 13.2 Å². The van der Waals surface area contributed by atoms with E-state index in [1.807, 2.05) is 49.0 Å². The largest absolute Gasteiger partial charge is 0.487 e. The fourth-order valence-corrected chi connectivity index (χ4v) is 5.78. The topological polar surface area (TPSA) is 116 Å². The van der Waals surface area contributed by atoms with Crippen LogP contribution >= 0.6 is 0 Å². The van der Waals surface area contributed by atoms with Crippen molar-refractivity contribution >= 4 is 40.1 Å². The van der Waals surface area contributed by atoms with Gasteiger partial charge < -0.3 is 34.8 Å². The molecule has 1 aliphatic heterocycles. The van der Waals surface area contributed by atoms with Crippen LogP contribution in [0.3, 0.4) is 0 Å². The molecule has 254 valence electrons. The van der Waals surface area contributed by atoms with Gasteiger partial charge in [0.05, 0.1) is 36.7 Å². The van der Waals surface area contributed by atoms with Crippen molar-refractivity contribution in [2.24, 2.45) is 13.0 Å². The summed E-state index contributed by atoms with van der Waals surface area (Å²) in [6.45, 7) is 3.59. The number of fused-ring (bicyclic) bond motifs is 2. The Hall–Kier alpha value is -5.04. The third-order valence-electron chi connectivity index (χ3n) is 8.54. The van der Waals surface area contributed by atoms with Crippen molar-refractivity contribution in [2.45, 2.75) is 38.6 Å². The van der Waals surface area contributed by atoms with E-state index in [9.17, 15) is 32.7 Å². The number of likely N-dealkylation sites (N-methyl/N-ethyl adjacent to an activating group) is 1.